The number of thiol groups is 1. The van der Waals surface area contributed by atoms with Crippen LogP contribution in [0, 0.1) is 0 Å². The molecule has 0 bridgehead atoms. The van der Waals surface area contributed by atoms with Crippen molar-refractivity contribution in [2.24, 2.45) is 0 Å². The number of rotatable bonds is 0. The van der Waals surface area contributed by atoms with E-state index in [-0.39, 0.29) is 0 Å². The van der Waals surface area contributed by atoms with E-state index in [1.807, 2.05) is 0 Å². The molecule has 1 aliphatic heterocycles. The van der Waals surface area contributed by atoms with Crippen LogP contribution in [0.4, 0.5) is 0 Å². The first-order valence-electron chi connectivity index (χ1n) is 1.84. The van der Waals surface area contributed by atoms with Gasteiger partial charge in [-0.3, -0.25) is 0 Å². The fourth-order valence-electron chi connectivity index (χ4n) is 0.338. The number of nitrogens with one attached hydrogen (secondary N) is 1. The molecule has 1 heterocycles. The molecule has 1 N–H and O–H groups in total. The maximum atomic E-state index is 4.72. The summed E-state index contributed by atoms with van der Waals surface area (Å²) in [5, 5.41) is 0. The Bertz CT molecular complexity index is 92.9. The molecule has 1 atom stereocenters. The van der Waals surface area contributed by atoms with Gasteiger partial charge >= 0.3 is 12.4 Å². The van der Waals surface area contributed by atoms with Gasteiger partial charge in [0.2, 0.25) is 11.9 Å². The zero-order valence-corrected chi connectivity index (χ0v) is 6.02. The van der Waals surface area contributed by atoms with Gasteiger partial charge in [-0.25, -0.2) is 0 Å². The number of hydrazine groups is 1. The Morgan fingerprint density at radius 2 is 2.71 bits per heavy atom. The number of hydrogen-bond acceptors (Lipinski definition) is 3. The van der Waals surface area contributed by atoms with Gasteiger partial charge in [-0.05, 0) is 0 Å². The van der Waals surface area contributed by atoms with E-state index in [1.54, 1.807) is 3.46 Å². The van der Waals surface area contributed by atoms with Gasteiger partial charge < -0.3 is 0 Å². The van der Waals surface area contributed by atoms with Gasteiger partial charge in [0.15, 0.2) is 0 Å². The summed E-state index contributed by atoms with van der Waals surface area (Å²) in [5.41, 5.74) is 2.90. The summed E-state index contributed by atoms with van der Waals surface area (Å²) in [4.78, 5) is 0. The Balaban J connectivity index is 2.40. The maximum absolute atomic E-state index is 4.72. The minimum atomic E-state index is 0.345. The Morgan fingerprint density at radius 1 is 2.00 bits per heavy atom. The third-order valence-electron chi connectivity index (χ3n) is 0.612. The average molecular weight is 153 g/mol. The highest BCUT2D eigenvalue weighted by molar-refractivity contribution is 8.07. The highest BCUT2D eigenvalue weighted by Crippen LogP contribution is 2.17. The summed E-state index contributed by atoms with van der Waals surface area (Å²) >= 11 is 10.4. The molecule has 1 unspecified atom stereocenters. The second kappa shape index (κ2) is 2.19. The second-order valence-electron chi connectivity index (χ2n) is 1.18. The van der Waals surface area contributed by atoms with Crippen LogP contribution in [0.5, 0.6) is 0 Å². The van der Waals surface area contributed by atoms with Crippen molar-refractivity contribution in [3.05, 3.63) is 0 Å². The van der Waals surface area contributed by atoms with Crippen molar-refractivity contribution in [3.8, 4) is 0 Å². The Hall–Kier alpha value is 0.520. The van der Waals surface area contributed by atoms with Crippen LogP contribution in [0.25, 0.3) is 0 Å². The molecule has 1 saturated heterocycles. The van der Waals surface area contributed by atoms with Gasteiger partial charge in [-0.2, -0.15) is 18.1 Å². The fraction of sp³-hybridized carbons (Fsp3) is 1.00. The monoisotopic (exact) mass is 153 g/mol. The Morgan fingerprint density at radius 3 is 2.86 bits per heavy atom. The van der Waals surface area contributed by atoms with Crippen LogP contribution in [0.1, 0.15) is 0 Å². The quantitative estimate of drug-likeness (QED) is 0.293. The normalized spacial score (nSPS) is 30.4. The smallest absolute Gasteiger partial charge is 0.169 e. The van der Waals surface area contributed by atoms with Crippen LogP contribution in [-0.4, -0.2) is 14.6 Å². The first-order valence-corrected chi connectivity index (χ1v) is 3.56. The molecule has 0 amide bonds. The van der Waals surface area contributed by atoms with Gasteiger partial charge in [-0.15, -0.1) is 0 Å². The molecule has 0 aromatic carbocycles. The lowest BCUT2D eigenvalue weighted by Gasteiger charge is -1.77. The van der Waals surface area contributed by atoms with E-state index in [9.17, 15) is 0 Å². The van der Waals surface area contributed by atoms with Gasteiger partial charge in [0.1, 0.15) is 4.58 Å². The average Bonchev–Trinajstić information content (AvgIpc) is 1.87. The molecule has 0 radical (unpaired) electrons. The molecule has 0 aliphatic carbocycles. The minimum Gasteiger partial charge on any atom is -0.169 e. The van der Waals surface area contributed by atoms with E-state index in [4.69, 9.17) is 12.4 Å². The van der Waals surface area contributed by atoms with E-state index < -0.39 is 0 Å². The van der Waals surface area contributed by atoms with Crippen LogP contribution in [0.3, 0.4) is 0 Å². The summed E-state index contributed by atoms with van der Waals surface area (Å²) in [7, 11) is 0. The van der Waals surface area contributed by atoms with E-state index >= 15 is 0 Å². The molecule has 0 aromatic heterocycles. The summed E-state index contributed by atoms with van der Waals surface area (Å²) in [6.07, 6.45) is 0. The lowest BCUT2D eigenvalue weighted by atomic mass is 10.8. The van der Waals surface area contributed by atoms with Crippen molar-refractivity contribution in [2.75, 3.05) is 6.54 Å². The Kier molecular flexibility index (Phi) is 1.77. The molecular formula is C2H5N2S3+. The van der Waals surface area contributed by atoms with Crippen LogP contribution in [-0.2, 0) is 12.4 Å². The number of nitrogens with zero attached hydrogens (tertiary/aromatic N) is 1. The fourth-order valence-corrected chi connectivity index (χ4v) is 1.80. The molecule has 0 saturated carbocycles. The van der Waals surface area contributed by atoms with Crippen molar-refractivity contribution >= 4 is 37.0 Å². The first-order chi connectivity index (χ1) is 3.29. The molecule has 1 fully saturated rings. The van der Waals surface area contributed by atoms with Crippen LogP contribution < -0.4 is 5.43 Å². The minimum absolute atomic E-state index is 0.345. The maximum Gasteiger partial charge on any atom is 0.313 e. The molecule has 40 valence electrons. The summed E-state index contributed by atoms with van der Waals surface area (Å²) in [6, 6.07) is 0. The topological polar surface area (TPSA) is 15.0 Å². The molecule has 1 aliphatic rings. The summed E-state index contributed by atoms with van der Waals surface area (Å²) < 4.78 is 1.90. The predicted octanol–water partition coefficient (Wildman–Crippen LogP) is 0.152. The lowest BCUT2D eigenvalue weighted by molar-refractivity contribution is -0.378. The largest absolute Gasteiger partial charge is 0.313 e. The lowest BCUT2D eigenvalue weighted by Crippen LogP contribution is -2.14. The third-order valence-corrected chi connectivity index (χ3v) is 2.20. The van der Waals surface area contributed by atoms with E-state index in [1.165, 1.54) is 11.9 Å². The van der Waals surface area contributed by atoms with Crippen molar-refractivity contribution < 1.29 is 3.46 Å². The zero-order valence-electron chi connectivity index (χ0n) is 3.50. The SMILES string of the molecule is S=[N+]1NCC(S)S1. The van der Waals surface area contributed by atoms with Crippen molar-refractivity contribution in [1.82, 2.24) is 5.43 Å². The van der Waals surface area contributed by atoms with Gasteiger partial charge in [0, 0.05) is 3.46 Å². The highest BCUT2D eigenvalue weighted by atomic mass is 32.2. The first kappa shape index (κ1) is 5.65. The van der Waals surface area contributed by atoms with Gasteiger partial charge in [-0.1, -0.05) is 0 Å². The van der Waals surface area contributed by atoms with Gasteiger partial charge in [0.05, 0.1) is 6.54 Å². The van der Waals surface area contributed by atoms with Crippen molar-refractivity contribution in [3.63, 3.8) is 0 Å². The predicted molar refractivity (Wildman–Crippen MR) is 36.0 cm³/mol. The molecule has 0 aromatic rings. The van der Waals surface area contributed by atoms with Crippen molar-refractivity contribution in [2.45, 2.75) is 4.58 Å². The van der Waals surface area contributed by atoms with E-state index in [2.05, 4.69) is 18.1 Å². The molecule has 0 spiro atoms. The molecule has 5 heteroatoms. The standard InChI is InChI=1S/C2H4N2S3/c5-2-1-3-4(6)7-2/h2H,1H2,(H-,3,5,6)/p+1. The Labute approximate surface area is 57.3 Å². The van der Waals surface area contributed by atoms with E-state index in [0.29, 0.717) is 4.58 Å². The van der Waals surface area contributed by atoms with Crippen LogP contribution in [0.15, 0.2) is 0 Å². The van der Waals surface area contributed by atoms with Crippen LogP contribution >= 0.6 is 24.6 Å². The number of hydrogen-bond donors (Lipinski definition) is 2. The van der Waals surface area contributed by atoms with Crippen LogP contribution in [0.2, 0.25) is 0 Å². The second-order valence-corrected chi connectivity index (χ2v) is 3.89. The molecule has 2 nitrogen and oxygen atoms in total. The van der Waals surface area contributed by atoms with Gasteiger partial charge in [0.25, 0.3) is 0 Å². The summed E-state index contributed by atoms with van der Waals surface area (Å²) in [5.74, 6) is 0. The van der Waals surface area contributed by atoms with E-state index in [0.717, 1.165) is 6.54 Å². The molecular weight excluding hydrogens is 148 g/mol. The highest BCUT2D eigenvalue weighted by Gasteiger charge is 2.24. The summed E-state index contributed by atoms with van der Waals surface area (Å²) in [6.45, 7) is 0.872. The molecule has 1 rings (SSSR count). The zero-order chi connectivity index (χ0) is 5.28. The van der Waals surface area contributed by atoms with Crippen molar-refractivity contribution in [1.29, 1.82) is 0 Å². The third kappa shape index (κ3) is 1.47. The molecule has 7 heavy (non-hydrogen) atoms.